The number of benzene rings is 1. The largest absolute Gasteiger partial charge is 0.338 e. The van der Waals surface area contributed by atoms with Gasteiger partial charge in [-0.3, -0.25) is 0 Å². The number of rotatable bonds is 2. The van der Waals surface area contributed by atoms with Gasteiger partial charge in [0.15, 0.2) is 0 Å². The van der Waals surface area contributed by atoms with E-state index < -0.39 is 0 Å². The summed E-state index contributed by atoms with van der Waals surface area (Å²) in [4.78, 5) is 6.84. The smallest absolute Gasteiger partial charge is 0.229 e. The van der Waals surface area contributed by atoms with Crippen molar-refractivity contribution in [1.29, 1.82) is 0 Å². The maximum absolute atomic E-state index is 4.56. The predicted molar refractivity (Wildman–Crippen MR) is 71.2 cm³/mol. The van der Waals surface area contributed by atoms with Crippen LogP contribution in [0.4, 0.5) is 5.95 Å². The zero-order chi connectivity index (χ0) is 12.4. The minimum atomic E-state index is 0.812. The Morgan fingerprint density at radius 3 is 2.56 bits per heavy atom. The standard InChI is InChI=1S/C13H17N5/c1-11-15-13(17-9-7-14-8-10-17)18(16-11)12-5-3-2-4-6-12/h2-6,14H,7-10H2,1H3. The van der Waals surface area contributed by atoms with Gasteiger partial charge in [-0.15, -0.1) is 5.10 Å². The van der Waals surface area contributed by atoms with E-state index in [4.69, 9.17) is 0 Å². The molecule has 1 fully saturated rings. The fourth-order valence-electron chi connectivity index (χ4n) is 2.22. The molecule has 1 aliphatic rings. The van der Waals surface area contributed by atoms with Crippen LogP contribution in [0.25, 0.3) is 5.69 Å². The van der Waals surface area contributed by atoms with Crippen molar-refractivity contribution < 1.29 is 0 Å². The molecule has 1 aromatic carbocycles. The summed E-state index contributed by atoms with van der Waals surface area (Å²) in [6, 6.07) is 10.2. The van der Waals surface area contributed by atoms with E-state index >= 15 is 0 Å². The van der Waals surface area contributed by atoms with Crippen molar-refractivity contribution in [1.82, 2.24) is 20.1 Å². The van der Waals surface area contributed by atoms with Crippen molar-refractivity contribution in [3.63, 3.8) is 0 Å². The van der Waals surface area contributed by atoms with Crippen molar-refractivity contribution >= 4 is 5.95 Å². The van der Waals surface area contributed by atoms with Gasteiger partial charge in [-0.2, -0.15) is 9.67 Å². The van der Waals surface area contributed by atoms with Crippen LogP contribution in [-0.4, -0.2) is 40.9 Å². The molecule has 0 saturated carbocycles. The van der Waals surface area contributed by atoms with Gasteiger partial charge in [-0.05, 0) is 19.1 Å². The number of aromatic nitrogens is 3. The molecule has 94 valence electrons. The maximum atomic E-state index is 4.56. The molecule has 1 aromatic heterocycles. The molecule has 0 spiro atoms. The van der Waals surface area contributed by atoms with Crippen LogP contribution in [0.15, 0.2) is 30.3 Å². The van der Waals surface area contributed by atoms with Crippen LogP contribution in [0.2, 0.25) is 0 Å². The molecular weight excluding hydrogens is 226 g/mol. The number of hydrogen-bond acceptors (Lipinski definition) is 4. The third kappa shape index (κ3) is 2.09. The molecule has 2 aromatic rings. The molecule has 5 nitrogen and oxygen atoms in total. The van der Waals surface area contributed by atoms with E-state index in [2.05, 4.69) is 32.4 Å². The summed E-state index contributed by atoms with van der Waals surface area (Å²) in [6.45, 7) is 5.89. The summed E-state index contributed by atoms with van der Waals surface area (Å²) >= 11 is 0. The number of anilines is 1. The second-order valence-corrected chi connectivity index (χ2v) is 4.44. The summed E-state index contributed by atoms with van der Waals surface area (Å²) < 4.78 is 1.93. The lowest BCUT2D eigenvalue weighted by Crippen LogP contribution is -2.44. The lowest BCUT2D eigenvalue weighted by atomic mass is 10.3. The molecule has 0 unspecified atom stereocenters. The quantitative estimate of drug-likeness (QED) is 0.854. The van der Waals surface area contributed by atoms with Gasteiger partial charge in [-0.1, -0.05) is 18.2 Å². The van der Waals surface area contributed by atoms with E-state index in [9.17, 15) is 0 Å². The van der Waals surface area contributed by atoms with Gasteiger partial charge in [0.05, 0.1) is 5.69 Å². The van der Waals surface area contributed by atoms with Crippen molar-refractivity contribution in [3.8, 4) is 5.69 Å². The minimum Gasteiger partial charge on any atom is -0.338 e. The Morgan fingerprint density at radius 1 is 1.11 bits per heavy atom. The summed E-state index contributed by atoms with van der Waals surface area (Å²) in [5, 5.41) is 7.85. The molecule has 0 atom stereocenters. The summed E-state index contributed by atoms with van der Waals surface area (Å²) in [5.41, 5.74) is 1.06. The second kappa shape index (κ2) is 4.78. The first-order valence-electron chi connectivity index (χ1n) is 6.29. The Labute approximate surface area is 106 Å². The first kappa shape index (κ1) is 11.2. The van der Waals surface area contributed by atoms with E-state index in [-0.39, 0.29) is 0 Å². The van der Waals surface area contributed by atoms with Gasteiger partial charge in [0.1, 0.15) is 5.82 Å². The summed E-state index contributed by atoms with van der Waals surface area (Å²) in [6.07, 6.45) is 0. The molecule has 0 radical (unpaired) electrons. The van der Waals surface area contributed by atoms with E-state index in [0.29, 0.717) is 0 Å². The van der Waals surface area contributed by atoms with Crippen molar-refractivity contribution in [3.05, 3.63) is 36.2 Å². The molecule has 5 heteroatoms. The van der Waals surface area contributed by atoms with Gasteiger partial charge in [-0.25, -0.2) is 0 Å². The highest BCUT2D eigenvalue weighted by atomic mass is 15.4. The SMILES string of the molecule is Cc1nc(N2CCNCC2)n(-c2ccccc2)n1. The highest BCUT2D eigenvalue weighted by molar-refractivity contribution is 5.42. The third-order valence-corrected chi connectivity index (χ3v) is 3.10. The van der Waals surface area contributed by atoms with Crippen LogP contribution in [-0.2, 0) is 0 Å². The first-order chi connectivity index (χ1) is 8.84. The Balaban J connectivity index is 1.99. The van der Waals surface area contributed by atoms with Gasteiger partial charge in [0.2, 0.25) is 5.95 Å². The van der Waals surface area contributed by atoms with Crippen LogP contribution in [0.3, 0.4) is 0 Å². The van der Waals surface area contributed by atoms with Crippen LogP contribution in [0.5, 0.6) is 0 Å². The lowest BCUT2D eigenvalue weighted by molar-refractivity contribution is 0.575. The highest BCUT2D eigenvalue weighted by Gasteiger charge is 2.18. The molecule has 2 heterocycles. The molecule has 0 amide bonds. The molecule has 0 aliphatic carbocycles. The Kier molecular flexibility index (Phi) is 2.98. The highest BCUT2D eigenvalue weighted by Crippen LogP contribution is 2.17. The van der Waals surface area contributed by atoms with Gasteiger partial charge < -0.3 is 10.2 Å². The van der Waals surface area contributed by atoms with Gasteiger partial charge in [0, 0.05) is 26.2 Å². The zero-order valence-corrected chi connectivity index (χ0v) is 10.5. The number of nitrogens with one attached hydrogen (secondary N) is 1. The minimum absolute atomic E-state index is 0.812. The Morgan fingerprint density at radius 2 is 1.83 bits per heavy atom. The molecule has 1 saturated heterocycles. The Hall–Kier alpha value is -1.88. The summed E-state index contributed by atoms with van der Waals surface area (Å²) in [7, 11) is 0. The van der Waals surface area contributed by atoms with Gasteiger partial charge in [0.25, 0.3) is 0 Å². The van der Waals surface area contributed by atoms with Crippen molar-refractivity contribution in [2.75, 3.05) is 31.1 Å². The molecular formula is C13H17N5. The molecule has 0 bridgehead atoms. The third-order valence-electron chi connectivity index (χ3n) is 3.10. The van der Waals surface area contributed by atoms with Gasteiger partial charge >= 0.3 is 0 Å². The number of hydrogen-bond donors (Lipinski definition) is 1. The predicted octanol–water partition coefficient (Wildman–Crippen LogP) is 0.985. The molecule has 18 heavy (non-hydrogen) atoms. The molecule has 1 N–H and O–H groups in total. The molecule has 3 rings (SSSR count). The number of para-hydroxylation sites is 1. The average molecular weight is 243 g/mol. The first-order valence-corrected chi connectivity index (χ1v) is 6.29. The second-order valence-electron chi connectivity index (χ2n) is 4.44. The van der Waals surface area contributed by atoms with E-state index in [1.807, 2.05) is 29.8 Å². The van der Waals surface area contributed by atoms with Crippen LogP contribution < -0.4 is 10.2 Å². The number of piperazine rings is 1. The average Bonchev–Trinajstić information content (AvgIpc) is 2.83. The fraction of sp³-hybridized carbons (Fsp3) is 0.385. The van der Waals surface area contributed by atoms with Crippen molar-refractivity contribution in [2.45, 2.75) is 6.92 Å². The van der Waals surface area contributed by atoms with Crippen molar-refractivity contribution in [2.24, 2.45) is 0 Å². The number of aryl methyl sites for hydroxylation is 1. The van der Waals surface area contributed by atoms with Crippen LogP contribution >= 0.6 is 0 Å². The topological polar surface area (TPSA) is 46.0 Å². The van der Waals surface area contributed by atoms with E-state index in [1.165, 1.54) is 0 Å². The zero-order valence-electron chi connectivity index (χ0n) is 10.5. The summed E-state index contributed by atoms with van der Waals surface area (Å²) in [5.74, 6) is 1.76. The fourth-order valence-corrected chi connectivity index (χ4v) is 2.22. The molecule has 1 aliphatic heterocycles. The monoisotopic (exact) mass is 243 g/mol. The lowest BCUT2D eigenvalue weighted by Gasteiger charge is -2.28. The number of nitrogens with zero attached hydrogens (tertiary/aromatic N) is 4. The normalized spacial score (nSPS) is 15.9. The van der Waals surface area contributed by atoms with Crippen LogP contribution in [0.1, 0.15) is 5.82 Å². The maximum Gasteiger partial charge on any atom is 0.229 e. The van der Waals surface area contributed by atoms with Crippen LogP contribution in [0, 0.1) is 6.92 Å². The van der Waals surface area contributed by atoms with E-state index in [1.54, 1.807) is 0 Å². The van der Waals surface area contributed by atoms with E-state index in [0.717, 1.165) is 43.6 Å². The Bertz CT molecular complexity index is 513.